The monoisotopic (exact) mass is 429 g/mol. The summed E-state index contributed by atoms with van der Waals surface area (Å²) in [5.41, 5.74) is 2.73. The molecule has 4 aromatic rings. The molecule has 0 aliphatic carbocycles. The largest absolute Gasteiger partial charge is 0.497 e. The van der Waals surface area contributed by atoms with Gasteiger partial charge in [0, 0.05) is 22.3 Å². The first-order chi connectivity index (χ1) is 13.7. The Bertz CT molecular complexity index is 1110. The third-order valence-electron chi connectivity index (χ3n) is 4.00. The Kier molecular flexibility index (Phi) is 5.52. The second-order valence-electron chi connectivity index (χ2n) is 5.82. The average molecular weight is 430 g/mol. The second kappa shape index (κ2) is 8.22. The van der Waals surface area contributed by atoms with Crippen LogP contribution in [0, 0.1) is 0 Å². The number of nitrogens with two attached hydrogens (primary N) is 1. The van der Waals surface area contributed by atoms with Gasteiger partial charge in [0.25, 0.3) is 0 Å². The predicted octanol–water partition coefficient (Wildman–Crippen LogP) is 4.74. The molecule has 0 amide bonds. The molecule has 28 heavy (non-hydrogen) atoms. The minimum absolute atomic E-state index is 0.531. The summed E-state index contributed by atoms with van der Waals surface area (Å²) in [5.74, 6) is 8.16. The first kappa shape index (κ1) is 18.8. The fourth-order valence-electron chi connectivity index (χ4n) is 2.60. The summed E-state index contributed by atoms with van der Waals surface area (Å²) in [4.78, 5) is 4.70. The van der Waals surface area contributed by atoms with Crippen molar-refractivity contribution in [3.63, 3.8) is 0 Å². The van der Waals surface area contributed by atoms with Crippen LogP contribution >= 0.6 is 34.7 Å². The Morgan fingerprint density at radius 2 is 2.04 bits per heavy atom. The van der Waals surface area contributed by atoms with E-state index < -0.39 is 0 Å². The zero-order chi connectivity index (χ0) is 19.5. The zero-order valence-corrected chi connectivity index (χ0v) is 17.3. The summed E-state index contributed by atoms with van der Waals surface area (Å²) in [6, 6.07) is 15.3. The molecule has 0 saturated heterocycles. The molecule has 9 heteroatoms. The Balaban J connectivity index is 1.49. The van der Waals surface area contributed by atoms with E-state index in [-0.39, 0.29) is 0 Å². The average Bonchev–Trinajstić information content (AvgIpc) is 3.34. The van der Waals surface area contributed by atoms with Gasteiger partial charge < -0.3 is 10.6 Å². The summed E-state index contributed by atoms with van der Waals surface area (Å²) in [6.45, 7) is 0. The molecule has 0 aliphatic heterocycles. The number of ether oxygens (including phenoxy) is 1. The van der Waals surface area contributed by atoms with Gasteiger partial charge in [0.1, 0.15) is 10.8 Å². The number of hydrogen-bond donors (Lipinski definition) is 1. The van der Waals surface area contributed by atoms with Gasteiger partial charge in [-0.25, -0.2) is 9.66 Å². The smallest absolute Gasteiger partial charge is 0.210 e. The van der Waals surface area contributed by atoms with Crippen LogP contribution in [0.4, 0.5) is 0 Å². The fourth-order valence-corrected chi connectivity index (χ4v) is 4.49. The zero-order valence-electron chi connectivity index (χ0n) is 14.9. The molecule has 2 N–H and O–H groups in total. The predicted molar refractivity (Wildman–Crippen MR) is 114 cm³/mol. The Morgan fingerprint density at radius 3 is 2.86 bits per heavy atom. The van der Waals surface area contributed by atoms with Crippen molar-refractivity contribution in [1.82, 2.24) is 19.9 Å². The number of thioether (sulfide) groups is 1. The lowest BCUT2D eigenvalue weighted by Gasteiger charge is -2.04. The van der Waals surface area contributed by atoms with Crippen molar-refractivity contribution in [2.75, 3.05) is 13.0 Å². The molecular formula is C19H16ClN5OS2. The quantitative estimate of drug-likeness (QED) is 0.352. The topological polar surface area (TPSA) is 78.9 Å². The summed E-state index contributed by atoms with van der Waals surface area (Å²) < 4.78 is 6.74. The minimum Gasteiger partial charge on any atom is -0.497 e. The fraction of sp³-hybridized carbons (Fsp3) is 0.105. The lowest BCUT2D eigenvalue weighted by atomic mass is 10.2. The van der Waals surface area contributed by atoms with Gasteiger partial charge in [0.15, 0.2) is 5.82 Å². The van der Waals surface area contributed by atoms with Crippen LogP contribution in [0.15, 0.2) is 59.1 Å². The van der Waals surface area contributed by atoms with Gasteiger partial charge in [-0.05, 0) is 24.3 Å². The summed E-state index contributed by atoms with van der Waals surface area (Å²) >= 11 is 9.31. The molecule has 0 fully saturated rings. The van der Waals surface area contributed by atoms with Crippen molar-refractivity contribution in [3.05, 3.63) is 64.6 Å². The number of hydrogen-bond acceptors (Lipinski definition) is 7. The highest BCUT2D eigenvalue weighted by Crippen LogP contribution is 2.31. The summed E-state index contributed by atoms with van der Waals surface area (Å²) in [5, 5.41) is 12.5. The Labute approximate surface area is 175 Å². The number of thiazole rings is 1. The molecule has 0 saturated carbocycles. The van der Waals surface area contributed by atoms with Gasteiger partial charge in [-0.2, -0.15) is 0 Å². The molecule has 0 atom stereocenters. The third kappa shape index (κ3) is 3.84. The number of nitrogens with zero attached hydrogens (tertiary/aromatic N) is 4. The van der Waals surface area contributed by atoms with Crippen molar-refractivity contribution in [3.8, 4) is 27.7 Å². The van der Waals surface area contributed by atoms with E-state index in [1.54, 1.807) is 24.5 Å². The van der Waals surface area contributed by atoms with Crippen LogP contribution in [0.5, 0.6) is 5.75 Å². The molecule has 2 aromatic carbocycles. The molecule has 142 valence electrons. The van der Waals surface area contributed by atoms with Gasteiger partial charge in [0.05, 0.1) is 17.8 Å². The van der Waals surface area contributed by atoms with E-state index in [1.165, 1.54) is 16.4 Å². The SMILES string of the molecule is COc1cccc(-c2nc(CSc3nnc(-c4ccccc4Cl)n3N)cs2)c1. The third-order valence-corrected chi connectivity index (χ3v) is 6.24. The van der Waals surface area contributed by atoms with Gasteiger partial charge in [-0.1, -0.05) is 47.6 Å². The first-order valence-electron chi connectivity index (χ1n) is 8.32. The number of aromatic nitrogens is 4. The van der Waals surface area contributed by atoms with E-state index in [9.17, 15) is 0 Å². The van der Waals surface area contributed by atoms with Crippen molar-refractivity contribution in [2.45, 2.75) is 10.9 Å². The van der Waals surface area contributed by atoms with Crippen LogP contribution < -0.4 is 10.6 Å². The maximum Gasteiger partial charge on any atom is 0.210 e. The van der Waals surface area contributed by atoms with Gasteiger partial charge in [-0.3, -0.25) is 0 Å². The number of nitrogen functional groups attached to an aromatic ring is 1. The van der Waals surface area contributed by atoms with Gasteiger partial charge >= 0.3 is 0 Å². The number of halogens is 1. The second-order valence-corrected chi connectivity index (χ2v) is 8.03. The number of benzene rings is 2. The molecule has 2 aromatic heterocycles. The maximum atomic E-state index is 6.23. The highest BCUT2D eigenvalue weighted by molar-refractivity contribution is 7.98. The minimum atomic E-state index is 0.531. The van der Waals surface area contributed by atoms with Crippen molar-refractivity contribution >= 4 is 34.7 Å². The van der Waals surface area contributed by atoms with Crippen LogP contribution in [0.25, 0.3) is 22.0 Å². The van der Waals surface area contributed by atoms with E-state index in [0.29, 0.717) is 21.8 Å². The van der Waals surface area contributed by atoms with Crippen LogP contribution in [-0.2, 0) is 5.75 Å². The normalized spacial score (nSPS) is 10.9. The van der Waals surface area contributed by atoms with E-state index in [1.807, 2.05) is 47.8 Å². The number of methoxy groups -OCH3 is 1. The van der Waals surface area contributed by atoms with E-state index >= 15 is 0 Å². The van der Waals surface area contributed by atoms with E-state index in [2.05, 4.69) is 10.2 Å². The maximum absolute atomic E-state index is 6.23. The lowest BCUT2D eigenvalue weighted by Crippen LogP contribution is -2.11. The van der Waals surface area contributed by atoms with Crippen molar-refractivity contribution < 1.29 is 4.74 Å². The molecule has 4 rings (SSSR count). The van der Waals surface area contributed by atoms with E-state index in [4.69, 9.17) is 27.2 Å². The molecule has 0 radical (unpaired) electrons. The highest BCUT2D eigenvalue weighted by atomic mass is 35.5. The van der Waals surface area contributed by atoms with Gasteiger partial charge in [0.2, 0.25) is 5.16 Å². The molecular weight excluding hydrogens is 414 g/mol. The molecule has 6 nitrogen and oxygen atoms in total. The summed E-state index contributed by atoms with van der Waals surface area (Å²) in [6.07, 6.45) is 0. The Hall–Kier alpha value is -2.55. The highest BCUT2D eigenvalue weighted by Gasteiger charge is 2.15. The van der Waals surface area contributed by atoms with Crippen LogP contribution in [0.3, 0.4) is 0 Å². The lowest BCUT2D eigenvalue weighted by molar-refractivity contribution is 0.415. The first-order valence-corrected chi connectivity index (χ1v) is 10.6. The van der Waals surface area contributed by atoms with Crippen LogP contribution in [0.2, 0.25) is 5.02 Å². The van der Waals surface area contributed by atoms with E-state index in [0.717, 1.165) is 27.6 Å². The Morgan fingerprint density at radius 1 is 1.18 bits per heavy atom. The number of rotatable bonds is 6. The van der Waals surface area contributed by atoms with Crippen molar-refractivity contribution in [2.24, 2.45) is 0 Å². The van der Waals surface area contributed by atoms with Crippen LogP contribution in [0.1, 0.15) is 5.69 Å². The molecule has 2 heterocycles. The van der Waals surface area contributed by atoms with Crippen LogP contribution in [-0.4, -0.2) is 27.0 Å². The van der Waals surface area contributed by atoms with Crippen molar-refractivity contribution in [1.29, 1.82) is 0 Å². The molecule has 0 spiro atoms. The molecule has 0 aliphatic rings. The molecule has 0 bridgehead atoms. The summed E-state index contributed by atoms with van der Waals surface area (Å²) in [7, 11) is 1.66. The van der Waals surface area contributed by atoms with Gasteiger partial charge in [-0.15, -0.1) is 21.5 Å². The molecule has 0 unspecified atom stereocenters. The standard InChI is InChI=1S/C19H16ClN5OS2/c1-26-14-6-4-5-12(9-14)18-22-13(10-27-18)11-28-19-24-23-17(25(19)21)15-7-2-3-8-16(15)20/h2-10H,11,21H2,1H3.